The fraction of sp³-hybridized carbons (Fsp3) is 0.882. The lowest BCUT2D eigenvalue weighted by molar-refractivity contribution is -0.122. The molecule has 0 heterocycles. The zero-order valence-electron chi connectivity index (χ0n) is 14.6. The number of nitrogens with zero attached hydrogens (tertiary/aromatic N) is 1. The molecule has 2 aliphatic rings. The van der Waals surface area contributed by atoms with E-state index < -0.39 is 0 Å². The molecule has 2 fully saturated rings. The number of rotatable bonds is 10. The molecule has 2 aliphatic carbocycles. The fourth-order valence-corrected chi connectivity index (χ4v) is 2.93. The van der Waals surface area contributed by atoms with Gasteiger partial charge in [0.25, 0.3) is 0 Å². The van der Waals surface area contributed by atoms with Crippen LogP contribution in [0.25, 0.3) is 0 Å². The number of methoxy groups -OCH3 is 1. The topological polar surface area (TPSA) is 74.8 Å². The van der Waals surface area contributed by atoms with Crippen molar-refractivity contribution in [2.75, 3.05) is 39.9 Å². The van der Waals surface area contributed by atoms with Crippen LogP contribution in [-0.4, -0.2) is 51.8 Å². The Labute approximate surface area is 139 Å². The molecule has 0 radical (unpaired) electrons. The zero-order valence-corrected chi connectivity index (χ0v) is 14.6. The standard InChI is InChI=1S/C17H32N4O2/c1-3-18-16(20-11-10-19-15(22)14-5-6-14)21-13-17(7-4-8-17)9-12-23-2/h14H,3-13H2,1-2H3,(H,19,22)(H2,18,20,21). The summed E-state index contributed by atoms with van der Waals surface area (Å²) in [5.74, 6) is 1.31. The van der Waals surface area contributed by atoms with E-state index in [0.29, 0.717) is 18.5 Å². The van der Waals surface area contributed by atoms with Gasteiger partial charge in [0.2, 0.25) is 5.91 Å². The number of hydrogen-bond acceptors (Lipinski definition) is 3. The highest BCUT2D eigenvalue weighted by Crippen LogP contribution is 2.44. The van der Waals surface area contributed by atoms with Crippen LogP contribution >= 0.6 is 0 Å². The number of nitrogens with one attached hydrogen (secondary N) is 3. The van der Waals surface area contributed by atoms with Crippen LogP contribution in [0.5, 0.6) is 0 Å². The van der Waals surface area contributed by atoms with Crippen LogP contribution < -0.4 is 16.0 Å². The number of ether oxygens (including phenoxy) is 1. The third kappa shape index (κ3) is 6.01. The van der Waals surface area contributed by atoms with Crippen molar-refractivity contribution in [1.82, 2.24) is 16.0 Å². The summed E-state index contributed by atoms with van der Waals surface area (Å²) in [6, 6.07) is 0. The molecule has 132 valence electrons. The molecular weight excluding hydrogens is 292 g/mol. The van der Waals surface area contributed by atoms with Crippen molar-refractivity contribution in [2.45, 2.75) is 45.4 Å². The van der Waals surface area contributed by atoms with Crippen molar-refractivity contribution in [2.24, 2.45) is 16.3 Å². The number of carbonyl (C=O) groups is 1. The van der Waals surface area contributed by atoms with Gasteiger partial charge in [-0.15, -0.1) is 0 Å². The number of amides is 1. The highest BCUT2D eigenvalue weighted by Gasteiger charge is 2.36. The van der Waals surface area contributed by atoms with Gasteiger partial charge in [0.05, 0.1) is 0 Å². The molecule has 3 N–H and O–H groups in total. The minimum Gasteiger partial charge on any atom is -0.385 e. The summed E-state index contributed by atoms with van der Waals surface area (Å²) in [5, 5.41) is 9.55. The second kappa shape index (κ2) is 9.11. The van der Waals surface area contributed by atoms with E-state index in [4.69, 9.17) is 9.73 Å². The van der Waals surface area contributed by atoms with Crippen LogP contribution in [0.15, 0.2) is 4.99 Å². The highest BCUT2D eigenvalue weighted by molar-refractivity contribution is 5.81. The van der Waals surface area contributed by atoms with Gasteiger partial charge in [-0.3, -0.25) is 9.79 Å². The number of hydrogen-bond donors (Lipinski definition) is 3. The summed E-state index contributed by atoms with van der Waals surface area (Å²) >= 11 is 0. The molecule has 0 aromatic rings. The second-order valence-electron chi connectivity index (χ2n) is 6.78. The molecule has 0 spiro atoms. The predicted molar refractivity (Wildman–Crippen MR) is 92.5 cm³/mol. The lowest BCUT2D eigenvalue weighted by Crippen LogP contribution is -2.43. The summed E-state index contributed by atoms with van der Waals surface area (Å²) in [7, 11) is 1.76. The van der Waals surface area contributed by atoms with E-state index >= 15 is 0 Å². The molecule has 0 bridgehead atoms. The second-order valence-corrected chi connectivity index (χ2v) is 6.78. The molecule has 6 nitrogen and oxygen atoms in total. The largest absolute Gasteiger partial charge is 0.385 e. The maximum absolute atomic E-state index is 11.6. The lowest BCUT2D eigenvalue weighted by Gasteiger charge is -2.40. The number of carbonyl (C=O) groups excluding carboxylic acids is 1. The van der Waals surface area contributed by atoms with Crippen molar-refractivity contribution in [1.29, 1.82) is 0 Å². The van der Waals surface area contributed by atoms with Crippen LogP contribution in [0.1, 0.15) is 45.4 Å². The minimum atomic E-state index is 0.196. The Balaban J connectivity index is 1.71. The molecule has 0 saturated heterocycles. The molecule has 0 aliphatic heterocycles. The van der Waals surface area contributed by atoms with E-state index in [-0.39, 0.29) is 11.8 Å². The minimum absolute atomic E-state index is 0.196. The first-order valence-corrected chi connectivity index (χ1v) is 8.98. The third-order valence-electron chi connectivity index (χ3n) is 4.83. The highest BCUT2D eigenvalue weighted by atomic mass is 16.5. The molecule has 0 atom stereocenters. The van der Waals surface area contributed by atoms with Crippen molar-refractivity contribution in [3.05, 3.63) is 0 Å². The summed E-state index contributed by atoms with van der Waals surface area (Å²) in [5.41, 5.74) is 0.332. The van der Waals surface area contributed by atoms with Gasteiger partial charge in [0.15, 0.2) is 5.96 Å². The number of guanidine groups is 1. The summed E-state index contributed by atoms with van der Waals surface area (Å²) in [4.78, 5) is 16.3. The van der Waals surface area contributed by atoms with Gasteiger partial charge in [0, 0.05) is 45.8 Å². The van der Waals surface area contributed by atoms with Gasteiger partial charge in [-0.05, 0) is 44.4 Å². The molecule has 1 amide bonds. The van der Waals surface area contributed by atoms with Crippen LogP contribution in [0, 0.1) is 11.3 Å². The SMILES string of the molecule is CCNC(=NCC1(CCOC)CCC1)NCCNC(=O)C1CC1. The van der Waals surface area contributed by atoms with E-state index in [1.165, 1.54) is 19.3 Å². The Bertz CT molecular complexity index is 403. The first-order valence-electron chi connectivity index (χ1n) is 8.98. The van der Waals surface area contributed by atoms with Crippen LogP contribution in [0.2, 0.25) is 0 Å². The molecule has 2 saturated carbocycles. The Hall–Kier alpha value is -1.30. The average Bonchev–Trinajstić information content (AvgIpc) is 3.34. The Morgan fingerprint density at radius 2 is 1.96 bits per heavy atom. The predicted octanol–water partition coefficient (Wildman–Crippen LogP) is 1.27. The van der Waals surface area contributed by atoms with Gasteiger partial charge in [0.1, 0.15) is 0 Å². The van der Waals surface area contributed by atoms with Gasteiger partial charge in [-0.25, -0.2) is 0 Å². The molecule has 2 rings (SSSR count). The van der Waals surface area contributed by atoms with Gasteiger partial charge < -0.3 is 20.7 Å². The van der Waals surface area contributed by atoms with Crippen molar-refractivity contribution >= 4 is 11.9 Å². The third-order valence-corrected chi connectivity index (χ3v) is 4.83. The van der Waals surface area contributed by atoms with E-state index in [1.54, 1.807) is 7.11 Å². The van der Waals surface area contributed by atoms with E-state index in [2.05, 4.69) is 22.9 Å². The zero-order chi connectivity index (χ0) is 16.5. The molecule has 0 aromatic heterocycles. The van der Waals surface area contributed by atoms with E-state index in [0.717, 1.165) is 44.9 Å². The monoisotopic (exact) mass is 324 g/mol. The Kier molecular flexibility index (Phi) is 7.15. The van der Waals surface area contributed by atoms with E-state index in [9.17, 15) is 4.79 Å². The van der Waals surface area contributed by atoms with Crippen molar-refractivity contribution in [3.8, 4) is 0 Å². The number of aliphatic imine (C=N–C) groups is 1. The van der Waals surface area contributed by atoms with Crippen LogP contribution in [0.4, 0.5) is 0 Å². The summed E-state index contributed by atoms with van der Waals surface area (Å²) in [6.07, 6.45) is 6.98. The van der Waals surface area contributed by atoms with Crippen molar-refractivity contribution in [3.63, 3.8) is 0 Å². The van der Waals surface area contributed by atoms with Gasteiger partial charge in [-0.2, -0.15) is 0 Å². The molecular formula is C17H32N4O2. The first kappa shape index (κ1) is 18.0. The normalized spacial score (nSPS) is 19.8. The Morgan fingerprint density at radius 1 is 1.22 bits per heavy atom. The maximum Gasteiger partial charge on any atom is 0.223 e. The molecule has 23 heavy (non-hydrogen) atoms. The molecule has 0 aromatic carbocycles. The van der Waals surface area contributed by atoms with Gasteiger partial charge in [-0.1, -0.05) is 6.42 Å². The fourth-order valence-electron chi connectivity index (χ4n) is 2.93. The summed E-state index contributed by atoms with van der Waals surface area (Å²) < 4.78 is 5.23. The smallest absolute Gasteiger partial charge is 0.223 e. The lowest BCUT2D eigenvalue weighted by atomic mass is 9.67. The van der Waals surface area contributed by atoms with Crippen molar-refractivity contribution < 1.29 is 9.53 Å². The van der Waals surface area contributed by atoms with Gasteiger partial charge >= 0.3 is 0 Å². The van der Waals surface area contributed by atoms with Crippen LogP contribution in [0.3, 0.4) is 0 Å². The molecule has 6 heteroatoms. The quantitative estimate of drug-likeness (QED) is 0.321. The average molecular weight is 324 g/mol. The van der Waals surface area contributed by atoms with E-state index in [1.807, 2.05) is 0 Å². The first-order chi connectivity index (χ1) is 11.2. The summed E-state index contributed by atoms with van der Waals surface area (Å²) in [6.45, 7) is 5.91. The Morgan fingerprint density at radius 3 is 2.52 bits per heavy atom. The van der Waals surface area contributed by atoms with Crippen LogP contribution in [-0.2, 0) is 9.53 Å². The maximum atomic E-state index is 11.6. The molecule has 0 unspecified atom stereocenters.